The zero-order valence-corrected chi connectivity index (χ0v) is 11.5. The number of hydrogen-bond acceptors (Lipinski definition) is 4. The van der Waals surface area contributed by atoms with Gasteiger partial charge in [-0.2, -0.15) is 0 Å². The van der Waals surface area contributed by atoms with Crippen LogP contribution in [-0.4, -0.2) is 29.8 Å². The smallest absolute Gasteiger partial charge is 0.128 e. The molecule has 1 saturated heterocycles. The molecule has 2 rings (SSSR count). The summed E-state index contributed by atoms with van der Waals surface area (Å²) >= 11 is 0. The van der Waals surface area contributed by atoms with Gasteiger partial charge in [-0.25, -0.2) is 4.98 Å². The monoisotopic (exact) mass is 249 g/mol. The van der Waals surface area contributed by atoms with Crippen molar-refractivity contribution in [2.75, 3.05) is 23.8 Å². The predicted molar refractivity (Wildman–Crippen MR) is 75.1 cm³/mol. The van der Waals surface area contributed by atoms with Crippen LogP contribution in [0.2, 0.25) is 0 Å². The molecule has 1 aromatic rings. The number of anilines is 2. The molecule has 0 spiro atoms. The molecule has 0 aliphatic carbocycles. The van der Waals surface area contributed by atoms with Gasteiger partial charge in [0.2, 0.25) is 0 Å². The largest absolute Gasteiger partial charge is 0.376 e. The van der Waals surface area contributed by atoms with Crippen LogP contribution in [0.3, 0.4) is 0 Å². The quantitative estimate of drug-likeness (QED) is 0.842. The lowest BCUT2D eigenvalue weighted by molar-refractivity contribution is 0.105. The van der Waals surface area contributed by atoms with E-state index in [1.807, 2.05) is 18.2 Å². The lowest BCUT2D eigenvalue weighted by Crippen LogP contribution is -2.41. The number of ether oxygens (including phenoxy) is 1. The molecule has 1 aliphatic rings. The SMILES string of the molecule is CCCNc1cccc(NC2(C)CCOC2C)n1. The van der Waals surface area contributed by atoms with Crippen molar-refractivity contribution in [1.82, 2.24) is 4.98 Å². The van der Waals surface area contributed by atoms with E-state index in [4.69, 9.17) is 4.74 Å². The molecular formula is C14H23N3O. The maximum Gasteiger partial charge on any atom is 0.128 e. The standard InChI is InChI=1S/C14H23N3O/c1-4-9-15-12-6-5-7-13(16-12)17-14(3)8-10-18-11(14)2/h5-7,11H,4,8-10H2,1-3H3,(H2,15,16,17). The van der Waals surface area contributed by atoms with E-state index in [0.29, 0.717) is 0 Å². The highest BCUT2D eigenvalue weighted by atomic mass is 16.5. The first-order chi connectivity index (χ1) is 8.64. The average Bonchev–Trinajstić information content (AvgIpc) is 2.67. The summed E-state index contributed by atoms with van der Waals surface area (Å²) in [6, 6.07) is 6.03. The molecule has 2 atom stereocenters. The van der Waals surface area contributed by atoms with Crippen molar-refractivity contribution < 1.29 is 4.74 Å². The molecule has 18 heavy (non-hydrogen) atoms. The third-order valence-corrected chi connectivity index (χ3v) is 3.61. The fraction of sp³-hybridized carbons (Fsp3) is 0.643. The van der Waals surface area contributed by atoms with Gasteiger partial charge in [0.05, 0.1) is 11.6 Å². The zero-order chi connectivity index (χ0) is 13.0. The minimum Gasteiger partial charge on any atom is -0.376 e. The van der Waals surface area contributed by atoms with Gasteiger partial charge < -0.3 is 15.4 Å². The van der Waals surface area contributed by atoms with Crippen LogP contribution in [-0.2, 0) is 4.74 Å². The topological polar surface area (TPSA) is 46.2 Å². The van der Waals surface area contributed by atoms with Crippen molar-refractivity contribution in [2.45, 2.75) is 45.3 Å². The Bertz CT molecular complexity index is 396. The van der Waals surface area contributed by atoms with Crippen LogP contribution in [0.1, 0.15) is 33.6 Å². The molecule has 2 N–H and O–H groups in total. The van der Waals surface area contributed by atoms with Crippen LogP contribution in [0.25, 0.3) is 0 Å². The first kappa shape index (κ1) is 13.1. The number of pyridine rings is 1. The summed E-state index contributed by atoms with van der Waals surface area (Å²) in [5.74, 6) is 1.84. The van der Waals surface area contributed by atoms with Gasteiger partial charge in [-0.3, -0.25) is 0 Å². The normalized spacial score (nSPS) is 27.2. The molecule has 4 nitrogen and oxygen atoms in total. The van der Waals surface area contributed by atoms with Crippen molar-refractivity contribution in [3.63, 3.8) is 0 Å². The van der Waals surface area contributed by atoms with Crippen LogP contribution in [0.5, 0.6) is 0 Å². The maximum atomic E-state index is 5.63. The first-order valence-corrected chi connectivity index (χ1v) is 6.75. The molecule has 0 radical (unpaired) electrons. The van der Waals surface area contributed by atoms with Gasteiger partial charge in [0, 0.05) is 13.2 Å². The second-order valence-electron chi connectivity index (χ2n) is 5.14. The van der Waals surface area contributed by atoms with E-state index < -0.39 is 0 Å². The number of nitrogens with one attached hydrogen (secondary N) is 2. The Balaban J connectivity index is 2.04. The average molecular weight is 249 g/mol. The van der Waals surface area contributed by atoms with E-state index in [1.165, 1.54) is 0 Å². The number of nitrogens with zero attached hydrogens (tertiary/aromatic N) is 1. The molecule has 100 valence electrons. The fourth-order valence-corrected chi connectivity index (χ4v) is 2.15. The van der Waals surface area contributed by atoms with Crippen molar-refractivity contribution in [3.8, 4) is 0 Å². The van der Waals surface area contributed by atoms with Crippen LogP contribution in [0.4, 0.5) is 11.6 Å². The summed E-state index contributed by atoms with van der Waals surface area (Å²) < 4.78 is 5.63. The van der Waals surface area contributed by atoms with E-state index in [1.54, 1.807) is 0 Å². The van der Waals surface area contributed by atoms with E-state index in [9.17, 15) is 0 Å². The van der Waals surface area contributed by atoms with Gasteiger partial charge in [-0.15, -0.1) is 0 Å². The van der Waals surface area contributed by atoms with Gasteiger partial charge in [0.15, 0.2) is 0 Å². The highest BCUT2D eigenvalue weighted by molar-refractivity contribution is 5.46. The Morgan fingerprint density at radius 3 is 2.89 bits per heavy atom. The molecule has 4 heteroatoms. The first-order valence-electron chi connectivity index (χ1n) is 6.75. The van der Waals surface area contributed by atoms with Gasteiger partial charge in [-0.05, 0) is 38.8 Å². The Hall–Kier alpha value is -1.29. The van der Waals surface area contributed by atoms with Crippen LogP contribution >= 0.6 is 0 Å². The van der Waals surface area contributed by atoms with E-state index in [2.05, 4.69) is 36.4 Å². The van der Waals surface area contributed by atoms with Gasteiger partial charge in [-0.1, -0.05) is 13.0 Å². The number of hydrogen-bond donors (Lipinski definition) is 2. The van der Waals surface area contributed by atoms with Crippen molar-refractivity contribution in [3.05, 3.63) is 18.2 Å². The highest BCUT2D eigenvalue weighted by Crippen LogP contribution is 2.29. The second kappa shape index (κ2) is 5.57. The maximum absolute atomic E-state index is 5.63. The Morgan fingerprint density at radius 2 is 2.22 bits per heavy atom. The lowest BCUT2D eigenvalue weighted by atomic mass is 9.95. The summed E-state index contributed by atoms with van der Waals surface area (Å²) in [6.07, 6.45) is 2.33. The molecule has 0 saturated carbocycles. The minimum absolute atomic E-state index is 0.0175. The van der Waals surface area contributed by atoms with Crippen molar-refractivity contribution in [2.24, 2.45) is 0 Å². The fourth-order valence-electron chi connectivity index (χ4n) is 2.15. The van der Waals surface area contributed by atoms with E-state index >= 15 is 0 Å². The highest BCUT2D eigenvalue weighted by Gasteiger charge is 2.37. The van der Waals surface area contributed by atoms with Crippen molar-refractivity contribution in [1.29, 1.82) is 0 Å². The number of rotatable bonds is 5. The third kappa shape index (κ3) is 2.93. The predicted octanol–water partition coefficient (Wildman–Crippen LogP) is 2.88. The molecule has 1 aliphatic heterocycles. The Labute approximate surface area is 109 Å². The lowest BCUT2D eigenvalue weighted by Gasteiger charge is -2.29. The molecule has 2 unspecified atom stereocenters. The van der Waals surface area contributed by atoms with Crippen LogP contribution in [0.15, 0.2) is 18.2 Å². The third-order valence-electron chi connectivity index (χ3n) is 3.61. The molecule has 0 aromatic carbocycles. The van der Waals surface area contributed by atoms with Gasteiger partial charge in [0.25, 0.3) is 0 Å². The molecule has 1 fully saturated rings. The molecule has 0 amide bonds. The van der Waals surface area contributed by atoms with Gasteiger partial charge in [0.1, 0.15) is 11.6 Å². The van der Waals surface area contributed by atoms with Crippen LogP contribution in [0, 0.1) is 0 Å². The Kier molecular flexibility index (Phi) is 4.07. The summed E-state index contributed by atoms with van der Waals surface area (Å²) in [5, 5.41) is 6.81. The Morgan fingerprint density at radius 1 is 1.44 bits per heavy atom. The number of aromatic nitrogens is 1. The zero-order valence-electron chi connectivity index (χ0n) is 11.5. The summed E-state index contributed by atoms with van der Waals surface area (Å²) in [4.78, 5) is 4.58. The molecular weight excluding hydrogens is 226 g/mol. The van der Waals surface area contributed by atoms with E-state index in [-0.39, 0.29) is 11.6 Å². The van der Waals surface area contributed by atoms with Gasteiger partial charge >= 0.3 is 0 Å². The molecule has 0 bridgehead atoms. The second-order valence-corrected chi connectivity index (χ2v) is 5.14. The van der Waals surface area contributed by atoms with E-state index in [0.717, 1.165) is 37.6 Å². The van der Waals surface area contributed by atoms with Crippen LogP contribution < -0.4 is 10.6 Å². The molecule has 1 aromatic heterocycles. The molecule has 2 heterocycles. The summed E-state index contributed by atoms with van der Waals surface area (Å²) in [6.45, 7) is 8.22. The summed E-state index contributed by atoms with van der Waals surface area (Å²) in [7, 11) is 0. The minimum atomic E-state index is -0.0175. The summed E-state index contributed by atoms with van der Waals surface area (Å²) in [5.41, 5.74) is -0.0175. The van der Waals surface area contributed by atoms with Crippen molar-refractivity contribution >= 4 is 11.6 Å².